The molecule has 0 atom stereocenters. The van der Waals surface area contributed by atoms with E-state index in [1.807, 2.05) is 32.0 Å². The van der Waals surface area contributed by atoms with Crippen LogP contribution in [0.4, 0.5) is 11.4 Å². The Kier molecular flexibility index (Phi) is 7.58. The van der Waals surface area contributed by atoms with Crippen LogP contribution in [0.2, 0.25) is 5.02 Å². The second-order valence-corrected chi connectivity index (χ2v) is 6.84. The molecule has 0 aromatic heterocycles. The number of benzene rings is 2. The summed E-state index contributed by atoms with van der Waals surface area (Å²) in [7, 11) is 0. The van der Waals surface area contributed by atoms with Gasteiger partial charge in [0, 0.05) is 22.8 Å². The molecule has 0 aliphatic carbocycles. The Hall–Kier alpha value is -2.86. The third-order valence-corrected chi connectivity index (χ3v) is 4.62. The van der Waals surface area contributed by atoms with Gasteiger partial charge < -0.3 is 15.4 Å². The number of esters is 1. The third-order valence-electron chi connectivity index (χ3n) is 4.21. The number of ether oxygens (including phenoxy) is 1. The van der Waals surface area contributed by atoms with Gasteiger partial charge in [-0.15, -0.1) is 0 Å². The van der Waals surface area contributed by atoms with E-state index in [1.54, 1.807) is 25.1 Å². The summed E-state index contributed by atoms with van der Waals surface area (Å²) in [5.41, 5.74) is 3.93. The Morgan fingerprint density at radius 3 is 2.21 bits per heavy atom. The Morgan fingerprint density at radius 1 is 0.893 bits per heavy atom. The van der Waals surface area contributed by atoms with E-state index in [4.69, 9.17) is 16.3 Å². The maximum atomic E-state index is 12.1. The van der Waals surface area contributed by atoms with E-state index >= 15 is 0 Å². The molecule has 28 heavy (non-hydrogen) atoms. The molecule has 6 nitrogen and oxygen atoms in total. The van der Waals surface area contributed by atoms with E-state index in [2.05, 4.69) is 10.6 Å². The molecule has 2 aromatic rings. The van der Waals surface area contributed by atoms with Crippen molar-refractivity contribution in [2.75, 3.05) is 17.2 Å². The minimum Gasteiger partial charge on any atom is -0.456 e. The van der Waals surface area contributed by atoms with Crippen LogP contribution in [0.3, 0.4) is 0 Å². The van der Waals surface area contributed by atoms with Gasteiger partial charge in [0.25, 0.3) is 5.91 Å². The van der Waals surface area contributed by atoms with Gasteiger partial charge in [0.2, 0.25) is 5.91 Å². The zero-order valence-electron chi connectivity index (χ0n) is 16.1. The third kappa shape index (κ3) is 6.09. The van der Waals surface area contributed by atoms with Gasteiger partial charge in [0.05, 0.1) is 6.42 Å². The highest BCUT2D eigenvalue weighted by molar-refractivity contribution is 6.31. The van der Waals surface area contributed by atoms with Gasteiger partial charge in [-0.2, -0.15) is 0 Å². The fraction of sp³-hybridized carbons (Fsp3) is 0.286. The van der Waals surface area contributed by atoms with Gasteiger partial charge in [0.15, 0.2) is 6.61 Å². The van der Waals surface area contributed by atoms with Gasteiger partial charge in [-0.05, 0) is 49.6 Å². The molecule has 7 heteroatoms. The Labute approximate surface area is 169 Å². The van der Waals surface area contributed by atoms with Crippen LogP contribution >= 0.6 is 11.6 Å². The molecule has 2 rings (SSSR count). The van der Waals surface area contributed by atoms with Crippen LogP contribution in [0.1, 0.15) is 29.5 Å². The number of nitrogens with one attached hydrogen (secondary N) is 2. The SMILES string of the molecule is Cc1cccc(C)c1NC(=O)CCC(=O)OCC(=O)Nc1cccc(Cl)c1C. The summed E-state index contributed by atoms with van der Waals surface area (Å²) in [6.07, 6.45) is -0.137. The number of para-hydroxylation sites is 1. The lowest BCUT2D eigenvalue weighted by molar-refractivity contribution is -0.147. The molecular formula is C21H23ClN2O4. The molecule has 0 bridgehead atoms. The summed E-state index contributed by atoms with van der Waals surface area (Å²) < 4.78 is 4.93. The number of amides is 2. The van der Waals surface area contributed by atoms with Crippen LogP contribution in [0.25, 0.3) is 0 Å². The van der Waals surface area contributed by atoms with Crippen LogP contribution in [0.5, 0.6) is 0 Å². The van der Waals surface area contributed by atoms with Gasteiger partial charge in [-0.3, -0.25) is 14.4 Å². The van der Waals surface area contributed by atoms with Gasteiger partial charge in [-0.25, -0.2) is 0 Å². The quantitative estimate of drug-likeness (QED) is 0.681. The Morgan fingerprint density at radius 2 is 1.54 bits per heavy atom. The van der Waals surface area contributed by atoms with Crippen molar-refractivity contribution in [1.82, 2.24) is 0 Å². The monoisotopic (exact) mass is 402 g/mol. The molecule has 0 fully saturated rings. The number of aryl methyl sites for hydroxylation is 2. The first-order valence-corrected chi connectivity index (χ1v) is 9.22. The minimum atomic E-state index is -0.616. The summed E-state index contributed by atoms with van der Waals surface area (Å²) in [6.45, 7) is 5.15. The predicted octanol–water partition coefficient (Wildman–Crippen LogP) is 4.17. The zero-order chi connectivity index (χ0) is 20.7. The highest BCUT2D eigenvalue weighted by Gasteiger charge is 2.13. The van der Waals surface area contributed by atoms with Crippen LogP contribution in [-0.2, 0) is 19.1 Å². The predicted molar refractivity (Wildman–Crippen MR) is 110 cm³/mol. The van der Waals surface area contributed by atoms with Crippen molar-refractivity contribution in [3.63, 3.8) is 0 Å². The first-order valence-electron chi connectivity index (χ1n) is 8.84. The normalized spacial score (nSPS) is 10.3. The maximum absolute atomic E-state index is 12.1. The number of carbonyl (C=O) groups is 3. The first kappa shape index (κ1) is 21.4. The van der Waals surface area contributed by atoms with Gasteiger partial charge in [-0.1, -0.05) is 35.9 Å². The van der Waals surface area contributed by atoms with Crippen LogP contribution < -0.4 is 10.6 Å². The van der Waals surface area contributed by atoms with Crippen molar-refractivity contribution in [2.24, 2.45) is 0 Å². The van der Waals surface area contributed by atoms with Gasteiger partial charge >= 0.3 is 5.97 Å². The van der Waals surface area contributed by atoms with E-state index in [1.165, 1.54) is 0 Å². The standard InChI is InChI=1S/C21H23ClN2O4/c1-13-6-4-7-14(2)21(13)24-18(25)10-11-20(27)28-12-19(26)23-17-9-5-8-16(22)15(17)3/h4-9H,10-12H2,1-3H3,(H,23,26)(H,24,25). The van der Waals surface area contributed by atoms with E-state index < -0.39 is 18.5 Å². The molecule has 2 amide bonds. The summed E-state index contributed by atoms with van der Waals surface area (Å²) in [5.74, 6) is -1.37. The molecule has 0 aliphatic rings. The fourth-order valence-corrected chi connectivity index (χ4v) is 2.75. The molecule has 0 saturated carbocycles. The average molecular weight is 403 g/mol. The molecule has 0 heterocycles. The lowest BCUT2D eigenvalue weighted by Crippen LogP contribution is -2.22. The highest BCUT2D eigenvalue weighted by atomic mass is 35.5. The molecule has 0 spiro atoms. The van der Waals surface area contributed by atoms with Crippen LogP contribution in [0, 0.1) is 20.8 Å². The van der Waals surface area contributed by atoms with Crippen molar-refractivity contribution >= 4 is 40.8 Å². The summed E-state index contributed by atoms with van der Waals surface area (Å²) in [6, 6.07) is 10.8. The second-order valence-electron chi connectivity index (χ2n) is 6.44. The van der Waals surface area contributed by atoms with Crippen LogP contribution in [-0.4, -0.2) is 24.4 Å². The van der Waals surface area contributed by atoms with Gasteiger partial charge in [0.1, 0.15) is 0 Å². The van der Waals surface area contributed by atoms with Crippen molar-refractivity contribution < 1.29 is 19.1 Å². The van der Waals surface area contributed by atoms with Crippen LogP contribution in [0.15, 0.2) is 36.4 Å². The minimum absolute atomic E-state index is 0.0262. The highest BCUT2D eigenvalue weighted by Crippen LogP contribution is 2.23. The van der Waals surface area contributed by atoms with Crippen molar-refractivity contribution in [1.29, 1.82) is 0 Å². The van der Waals surface area contributed by atoms with E-state index in [-0.39, 0.29) is 18.7 Å². The molecule has 2 N–H and O–H groups in total. The summed E-state index contributed by atoms with van der Waals surface area (Å²) >= 11 is 6.00. The molecule has 0 unspecified atom stereocenters. The number of carbonyl (C=O) groups excluding carboxylic acids is 3. The molecule has 148 valence electrons. The molecule has 0 saturated heterocycles. The molecule has 0 aliphatic heterocycles. The number of rotatable bonds is 7. The van der Waals surface area contributed by atoms with Crippen molar-refractivity contribution in [3.05, 3.63) is 58.1 Å². The molecular weight excluding hydrogens is 380 g/mol. The van der Waals surface area contributed by atoms with E-state index in [9.17, 15) is 14.4 Å². The first-order chi connectivity index (χ1) is 13.3. The number of hydrogen-bond donors (Lipinski definition) is 2. The lowest BCUT2D eigenvalue weighted by Gasteiger charge is -2.11. The fourth-order valence-electron chi connectivity index (χ4n) is 2.58. The summed E-state index contributed by atoms with van der Waals surface area (Å²) in [5, 5.41) is 5.97. The topological polar surface area (TPSA) is 84.5 Å². The second kappa shape index (κ2) is 9.90. The lowest BCUT2D eigenvalue weighted by atomic mass is 10.1. The Balaban J connectivity index is 1.75. The number of anilines is 2. The molecule has 0 radical (unpaired) electrons. The summed E-state index contributed by atoms with van der Waals surface area (Å²) in [4.78, 5) is 35.8. The maximum Gasteiger partial charge on any atom is 0.306 e. The number of halogens is 1. The molecule has 2 aromatic carbocycles. The largest absolute Gasteiger partial charge is 0.456 e. The van der Waals surface area contributed by atoms with E-state index in [0.29, 0.717) is 10.7 Å². The Bertz CT molecular complexity index is 876. The average Bonchev–Trinajstić information content (AvgIpc) is 2.65. The smallest absolute Gasteiger partial charge is 0.306 e. The van der Waals surface area contributed by atoms with Crippen molar-refractivity contribution in [2.45, 2.75) is 33.6 Å². The van der Waals surface area contributed by atoms with E-state index in [0.717, 1.165) is 22.4 Å². The number of hydrogen-bond acceptors (Lipinski definition) is 4. The zero-order valence-corrected chi connectivity index (χ0v) is 16.9. The van der Waals surface area contributed by atoms with Crippen molar-refractivity contribution in [3.8, 4) is 0 Å².